The normalized spacial score (nSPS) is 11.7. The van der Waals surface area contributed by atoms with Gasteiger partial charge in [0.25, 0.3) is 6.43 Å². The van der Waals surface area contributed by atoms with E-state index in [0.717, 1.165) is 0 Å². The van der Waals surface area contributed by atoms with Crippen LogP contribution in [0.15, 0.2) is 6.07 Å². The number of alkyl halides is 6. The van der Waals surface area contributed by atoms with Crippen molar-refractivity contribution in [2.24, 2.45) is 0 Å². The quantitative estimate of drug-likeness (QED) is 0.684. The van der Waals surface area contributed by atoms with E-state index in [-0.39, 0.29) is 0 Å². The van der Waals surface area contributed by atoms with E-state index < -0.39 is 47.3 Å². The Morgan fingerprint density at radius 1 is 1.47 bits per heavy atom. The second-order valence-electron chi connectivity index (χ2n) is 3.17. The van der Waals surface area contributed by atoms with Crippen LogP contribution in [-0.2, 0) is 5.88 Å². The maximum absolute atomic E-state index is 12.4. The number of ether oxygens (including phenoxy) is 1. The Labute approximate surface area is 107 Å². The third kappa shape index (κ3) is 3.91. The molecule has 0 aliphatic carbocycles. The van der Waals surface area contributed by atoms with Crippen LogP contribution in [0.4, 0.5) is 22.0 Å². The summed E-state index contributed by atoms with van der Waals surface area (Å²) in [5, 5.41) is 8.69. The monoisotopic (exact) mass is 305 g/mol. The molecule has 10 heteroatoms. The van der Waals surface area contributed by atoms with Crippen LogP contribution < -0.4 is 4.74 Å². The molecule has 1 aromatic heterocycles. The maximum Gasteiger partial charge on any atom is 0.573 e. The summed E-state index contributed by atoms with van der Waals surface area (Å²) in [4.78, 5) is 13.7. The van der Waals surface area contributed by atoms with Crippen LogP contribution in [0.3, 0.4) is 0 Å². The highest BCUT2D eigenvalue weighted by Gasteiger charge is 2.35. The van der Waals surface area contributed by atoms with Gasteiger partial charge in [0.2, 0.25) is 0 Å². The summed E-state index contributed by atoms with van der Waals surface area (Å²) in [7, 11) is 0. The first-order chi connectivity index (χ1) is 8.65. The summed E-state index contributed by atoms with van der Waals surface area (Å²) >= 11 is 5.30. The Bertz CT molecular complexity index is 491. The standard InChI is InChI=1S/C9H5ClF5NO3/c10-2-3-1-4(7(11)12)16-5(8(17)18)6(3)19-9(13,14)15/h1,7H,2H2,(H,17,18). The van der Waals surface area contributed by atoms with Gasteiger partial charge in [-0.05, 0) is 6.07 Å². The van der Waals surface area contributed by atoms with E-state index in [1.54, 1.807) is 0 Å². The number of halogens is 6. The number of aromatic nitrogens is 1. The number of carbonyl (C=O) groups is 1. The van der Waals surface area contributed by atoms with Crippen LogP contribution in [0, 0.1) is 0 Å². The van der Waals surface area contributed by atoms with E-state index in [0.29, 0.717) is 6.07 Å². The molecule has 0 aliphatic rings. The lowest BCUT2D eigenvalue weighted by atomic mass is 10.2. The molecular formula is C9H5ClF5NO3. The number of carboxylic acids is 1. The first-order valence-electron chi connectivity index (χ1n) is 4.52. The minimum Gasteiger partial charge on any atom is -0.476 e. The number of aromatic carboxylic acids is 1. The summed E-state index contributed by atoms with van der Waals surface area (Å²) < 4.78 is 64.7. The van der Waals surface area contributed by atoms with Crippen molar-refractivity contribution in [3.05, 3.63) is 23.0 Å². The molecule has 0 unspecified atom stereocenters. The highest BCUT2D eigenvalue weighted by atomic mass is 35.5. The van der Waals surface area contributed by atoms with Crippen molar-refractivity contribution in [3.8, 4) is 5.75 Å². The predicted molar refractivity (Wildman–Crippen MR) is 52.4 cm³/mol. The highest BCUT2D eigenvalue weighted by Crippen LogP contribution is 2.33. The molecule has 1 rings (SSSR count). The number of carboxylic acid groups (broad SMARTS) is 1. The van der Waals surface area contributed by atoms with Crippen LogP contribution in [0.1, 0.15) is 28.2 Å². The molecule has 0 saturated heterocycles. The topological polar surface area (TPSA) is 59.4 Å². The molecule has 0 radical (unpaired) electrons. The summed E-state index contributed by atoms with van der Waals surface area (Å²) in [6.45, 7) is 0. The molecule has 19 heavy (non-hydrogen) atoms. The van der Waals surface area contributed by atoms with Crippen LogP contribution in [-0.4, -0.2) is 22.4 Å². The Morgan fingerprint density at radius 3 is 2.42 bits per heavy atom. The molecule has 0 amide bonds. The van der Waals surface area contributed by atoms with Crippen LogP contribution in [0.2, 0.25) is 0 Å². The van der Waals surface area contributed by atoms with Gasteiger partial charge in [0, 0.05) is 5.56 Å². The van der Waals surface area contributed by atoms with Gasteiger partial charge in [0.05, 0.1) is 5.88 Å². The molecule has 0 spiro atoms. The van der Waals surface area contributed by atoms with E-state index >= 15 is 0 Å². The smallest absolute Gasteiger partial charge is 0.476 e. The van der Waals surface area contributed by atoms with Crippen molar-refractivity contribution in [2.75, 3.05) is 0 Å². The highest BCUT2D eigenvalue weighted by molar-refractivity contribution is 6.17. The summed E-state index contributed by atoms with van der Waals surface area (Å²) in [6, 6.07) is 0.561. The predicted octanol–water partition coefficient (Wildman–Crippen LogP) is 3.35. The molecule has 0 bridgehead atoms. The summed E-state index contributed by atoms with van der Waals surface area (Å²) in [6.07, 6.45) is -8.35. The number of pyridine rings is 1. The lowest BCUT2D eigenvalue weighted by molar-refractivity contribution is -0.275. The second-order valence-corrected chi connectivity index (χ2v) is 3.44. The Kier molecular flexibility index (Phi) is 4.51. The third-order valence-electron chi connectivity index (χ3n) is 1.86. The van der Waals surface area contributed by atoms with Gasteiger partial charge in [-0.2, -0.15) is 0 Å². The zero-order chi connectivity index (χ0) is 14.8. The molecule has 1 aromatic rings. The zero-order valence-electron chi connectivity index (χ0n) is 8.84. The molecule has 0 aliphatic heterocycles. The number of nitrogens with zero attached hydrogens (tertiary/aromatic N) is 1. The van der Waals surface area contributed by atoms with Gasteiger partial charge in [0.1, 0.15) is 5.69 Å². The number of hydrogen-bond acceptors (Lipinski definition) is 3. The molecule has 0 saturated carbocycles. The van der Waals surface area contributed by atoms with Crippen LogP contribution in [0.25, 0.3) is 0 Å². The minimum absolute atomic E-state index is 0.540. The first-order valence-corrected chi connectivity index (χ1v) is 5.06. The lowest BCUT2D eigenvalue weighted by Crippen LogP contribution is -2.21. The Balaban J connectivity index is 3.45. The molecule has 0 fully saturated rings. The summed E-state index contributed by atoms with van der Waals surface area (Å²) in [5.41, 5.74) is -2.81. The second kappa shape index (κ2) is 5.55. The molecule has 1 heterocycles. The largest absolute Gasteiger partial charge is 0.573 e. The van der Waals surface area contributed by atoms with Crippen molar-refractivity contribution < 1.29 is 36.6 Å². The van der Waals surface area contributed by atoms with Gasteiger partial charge >= 0.3 is 12.3 Å². The van der Waals surface area contributed by atoms with Gasteiger partial charge in [-0.25, -0.2) is 18.6 Å². The van der Waals surface area contributed by atoms with E-state index in [1.165, 1.54) is 0 Å². The fourth-order valence-corrected chi connectivity index (χ4v) is 1.39. The SMILES string of the molecule is O=C(O)c1nc(C(F)F)cc(CCl)c1OC(F)(F)F. The minimum atomic E-state index is -5.20. The van der Waals surface area contributed by atoms with Gasteiger partial charge in [-0.15, -0.1) is 24.8 Å². The van der Waals surface area contributed by atoms with Gasteiger partial charge in [0.15, 0.2) is 11.4 Å². The molecule has 0 aromatic carbocycles. The van der Waals surface area contributed by atoms with Crippen molar-refractivity contribution >= 4 is 17.6 Å². The fourth-order valence-electron chi connectivity index (χ4n) is 1.19. The molecule has 106 valence electrons. The van der Waals surface area contributed by atoms with Crippen molar-refractivity contribution in [2.45, 2.75) is 18.7 Å². The molecule has 0 atom stereocenters. The third-order valence-corrected chi connectivity index (χ3v) is 2.15. The molecule has 4 nitrogen and oxygen atoms in total. The van der Waals surface area contributed by atoms with Gasteiger partial charge < -0.3 is 9.84 Å². The Hall–Kier alpha value is -1.64. The van der Waals surface area contributed by atoms with Gasteiger partial charge in [-0.3, -0.25) is 0 Å². The van der Waals surface area contributed by atoms with E-state index in [2.05, 4.69) is 9.72 Å². The number of hydrogen-bond donors (Lipinski definition) is 1. The lowest BCUT2D eigenvalue weighted by Gasteiger charge is -2.15. The van der Waals surface area contributed by atoms with Crippen molar-refractivity contribution in [3.63, 3.8) is 0 Å². The van der Waals surface area contributed by atoms with Crippen LogP contribution in [0.5, 0.6) is 5.75 Å². The fraction of sp³-hybridized carbons (Fsp3) is 0.333. The van der Waals surface area contributed by atoms with Crippen molar-refractivity contribution in [1.29, 1.82) is 0 Å². The van der Waals surface area contributed by atoms with E-state index in [1.807, 2.05) is 0 Å². The van der Waals surface area contributed by atoms with E-state index in [9.17, 15) is 26.7 Å². The summed E-state index contributed by atoms with van der Waals surface area (Å²) in [5.74, 6) is -3.78. The average molecular weight is 306 g/mol. The van der Waals surface area contributed by atoms with Crippen molar-refractivity contribution in [1.82, 2.24) is 4.98 Å². The van der Waals surface area contributed by atoms with E-state index in [4.69, 9.17) is 16.7 Å². The maximum atomic E-state index is 12.4. The first kappa shape index (κ1) is 15.4. The van der Waals surface area contributed by atoms with Gasteiger partial charge in [-0.1, -0.05) is 0 Å². The number of rotatable bonds is 4. The Morgan fingerprint density at radius 2 is 2.05 bits per heavy atom. The van der Waals surface area contributed by atoms with Crippen LogP contribution >= 0.6 is 11.6 Å². The zero-order valence-corrected chi connectivity index (χ0v) is 9.60. The molecule has 1 N–H and O–H groups in total. The molecular weight excluding hydrogens is 301 g/mol. The average Bonchev–Trinajstić information content (AvgIpc) is 2.26.